The van der Waals surface area contributed by atoms with Gasteiger partial charge in [0.25, 0.3) is 0 Å². The molecule has 0 radical (unpaired) electrons. The second-order valence-electron chi connectivity index (χ2n) is 5.94. The summed E-state index contributed by atoms with van der Waals surface area (Å²) in [7, 11) is 0. The van der Waals surface area contributed by atoms with E-state index in [1.165, 1.54) is 27.7 Å². The molecule has 29 heavy (non-hydrogen) atoms. The molecule has 4 rings (SSSR count). The maximum Gasteiger partial charge on any atom is 0.420 e. The van der Waals surface area contributed by atoms with Crippen molar-refractivity contribution in [2.75, 3.05) is 5.32 Å². The van der Waals surface area contributed by atoms with Gasteiger partial charge in [-0.25, -0.2) is 4.79 Å². The smallest absolute Gasteiger partial charge is 0.408 e. The van der Waals surface area contributed by atoms with Gasteiger partial charge in [0.1, 0.15) is 6.54 Å². The van der Waals surface area contributed by atoms with E-state index < -0.39 is 11.7 Å². The Hall–Kier alpha value is -3.42. The van der Waals surface area contributed by atoms with Crippen molar-refractivity contribution < 1.29 is 9.21 Å². The molecule has 0 aliphatic heterocycles. The number of rotatable bonds is 6. The van der Waals surface area contributed by atoms with Gasteiger partial charge in [-0.15, -0.1) is 10.2 Å². The van der Waals surface area contributed by atoms with E-state index in [1.807, 2.05) is 12.1 Å². The zero-order valence-electron chi connectivity index (χ0n) is 14.9. The SMILES string of the molecule is N#Cc1ccc(CSc2nnc(NC(=O)Cn3c(=O)oc4ccccc43)s2)cc1. The first-order valence-corrected chi connectivity index (χ1v) is 10.3. The largest absolute Gasteiger partial charge is 0.420 e. The number of hydrogen-bond donors (Lipinski definition) is 1. The zero-order valence-corrected chi connectivity index (χ0v) is 16.5. The summed E-state index contributed by atoms with van der Waals surface area (Å²) in [6, 6.07) is 16.3. The fraction of sp³-hybridized carbons (Fsp3) is 0.105. The van der Waals surface area contributed by atoms with Gasteiger partial charge in [-0.2, -0.15) is 5.26 Å². The Kier molecular flexibility index (Phi) is 5.41. The number of nitrogens with zero attached hydrogens (tertiary/aromatic N) is 4. The van der Waals surface area contributed by atoms with E-state index in [1.54, 1.807) is 36.4 Å². The predicted molar refractivity (Wildman–Crippen MR) is 110 cm³/mol. The lowest BCUT2D eigenvalue weighted by atomic mass is 10.2. The lowest BCUT2D eigenvalue weighted by Crippen LogP contribution is -2.24. The number of fused-ring (bicyclic) bond motifs is 1. The topological polar surface area (TPSA) is 114 Å². The molecule has 10 heteroatoms. The predicted octanol–water partition coefficient (Wildman–Crippen LogP) is 3.25. The third-order valence-corrected chi connectivity index (χ3v) is 6.02. The second kappa shape index (κ2) is 8.30. The van der Waals surface area contributed by atoms with Gasteiger partial charge in [-0.3, -0.25) is 14.7 Å². The number of carbonyl (C=O) groups excluding carboxylic acids is 1. The quantitative estimate of drug-likeness (QED) is 0.374. The minimum atomic E-state index is -0.586. The van der Waals surface area contributed by atoms with Crippen LogP contribution in [0.5, 0.6) is 0 Å². The van der Waals surface area contributed by atoms with Gasteiger partial charge in [-0.1, -0.05) is 47.4 Å². The van der Waals surface area contributed by atoms with Crippen LogP contribution in [-0.2, 0) is 17.1 Å². The number of para-hydroxylation sites is 2. The molecule has 2 aromatic carbocycles. The fourth-order valence-corrected chi connectivity index (χ4v) is 4.33. The lowest BCUT2D eigenvalue weighted by molar-refractivity contribution is -0.116. The van der Waals surface area contributed by atoms with Crippen molar-refractivity contribution in [3.05, 3.63) is 70.2 Å². The molecule has 1 N–H and O–H groups in total. The van der Waals surface area contributed by atoms with Crippen molar-refractivity contribution in [3.8, 4) is 6.07 Å². The van der Waals surface area contributed by atoms with Crippen molar-refractivity contribution in [2.24, 2.45) is 0 Å². The summed E-state index contributed by atoms with van der Waals surface area (Å²) in [6.45, 7) is -0.177. The highest BCUT2D eigenvalue weighted by Gasteiger charge is 2.14. The van der Waals surface area contributed by atoms with Crippen LogP contribution in [0, 0.1) is 11.3 Å². The molecule has 8 nitrogen and oxygen atoms in total. The second-order valence-corrected chi connectivity index (χ2v) is 8.14. The maximum absolute atomic E-state index is 12.3. The molecule has 0 saturated heterocycles. The van der Waals surface area contributed by atoms with E-state index >= 15 is 0 Å². The van der Waals surface area contributed by atoms with Gasteiger partial charge in [0.2, 0.25) is 11.0 Å². The van der Waals surface area contributed by atoms with Gasteiger partial charge < -0.3 is 4.42 Å². The molecular formula is C19H13N5O3S2. The van der Waals surface area contributed by atoms with Gasteiger partial charge in [-0.05, 0) is 29.8 Å². The first-order valence-electron chi connectivity index (χ1n) is 8.46. The van der Waals surface area contributed by atoms with E-state index in [9.17, 15) is 9.59 Å². The fourth-order valence-electron chi connectivity index (χ4n) is 2.61. The van der Waals surface area contributed by atoms with Crippen molar-refractivity contribution in [3.63, 3.8) is 0 Å². The molecule has 0 spiro atoms. The Morgan fingerprint density at radius 1 is 1.21 bits per heavy atom. The standard InChI is InChI=1S/C19H13N5O3S2/c20-9-12-5-7-13(8-6-12)11-28-18-23-22-17(29-18)21-16(25)10-24-14-3-1-2-4-15(14)27-19(24)26/h1-8H,10-11H2,(H,21,22,25). The number of thioether (sulfide) groups is 1. The highest BCUT2D eigenvalue weighted by molar-refractivity contribution is 8.00. The molecule has 0 aliphatic carbocycles. The molecule has 0 fully saturated rings. The molecule has 4 aromatic rings. The van der Waals surface area contributed by atoms with Gasteiger partial charge in [0.05, 0.1) is 17.1 Å². The first-order chi connectivity index (χ1) is 14.1. The number of carbonyl (C=O) groups is 1. The van der Waals surface area contributed by atoms with E-state index in [-0.39, 0.29) is 6.54 Å². The Bertz CT molecular complexity index is 1270. The van der Waals surface area contributed by atoms with Crippen molar-refractivity contribution in [1.82, 2.24) is 14.8 Å². The summed E-state index contributed by atoms with van der Waals surface area (Å²) in [4.78, 5) is 24.3. The Balaban J connectivity index is 1.37. The van der Waals surface area contributed by atoms with Crippen molar-refractivity contribution in [2.45, 2.75) is 16.6 Å². The molecular weight excluding hydrogens is 410 g/mol. The van der Waals surface area contributed by atoms with Crippen LogP contribution in [0.2, 0.25) is 0 Å². The van der Waals surface area contributed by atoms with Gasteiger partial charge in [0.15, 0.2) is 9.92 Å². The number of hydrogen-bond acceptors (Lipinski definition) is 8. The molecule has 0 bridgehead atoms. The van der Waals surface area contributed by atoms with Gasteiger partial charge in [0, 0.05) is 5.75 Å². The third-order valence-electron chi connectivity index (χ3n) is 3.97. The maximum atomic E-state index is 12.3. The molecule has 0 saturated carbocycles. The van der Waals surface area contributed by atoms with Crippen LogP contribution in [0.15, 0.2) is 62.1 Å². The summed E-state index contributed by atoms with van der Waals surface area (Å²) >= 11 is 2.74. The van der Waals surface area contributed by atoms with E-state index in [0.717, 1.165) is 5.56 Å². The molecule has 1 amide bonds. The summed E-state index contributed by atoms with van der Waals surface area (Å²) in [5.41, 5.74) is 2.66. The van der Waals surface area contributed by atoms with E-state index in [2.05, 4.69) is 21.6 Å². The zero-order chi connectivity index (χ0) is 20.2. The monoisotopic (exact) mass is 423 g/mol. The Morgan fingerprint density at radius 3 is 2.79 bits per heavy atom. The minimum Gasteiger partial charge on any atom is -0.408 e. The number of nitriles is 1. The molecule has 0 atom stereocenters. The average Bonchev–Trinajstić information content (AvgIpc) is 3.31. The molecule has 144 valence electrons. The minimum absolute atomic E-state index is 0.177. The number of benzene rings is 2. The lowest BCUT2D eigenvalue weighted by Gasteiger charge is -2.02. The normalized spacial score (nSPS) is 10.7. The summed E-state index contributed by atoms with van der Waals surface area (Å²) in [6.07, 6.45) is 0. The number of aromatic nitrogens is 3. The van der Waals surface area contributed by atoms with Gasteiger partial charge >= 0.3 is 5.76 Å². The van der Waals surface area contributed by atoms with Crippen LogP contribution in [0.1, 0.15) is 11.1 Å². The Labute approximate surface area is 172 Å². The summed E-state index contributed by atoms with van der Waals surface area (Å²) in [5, 5.41) is 19.9. The highest BCUT2D eigenvalue weighted by atomic mass is 32.2. The van der Waals surface area contributed by atoms with Crippen LogP contribution in [0.3, 0.4) is 0 Å². The van der Waals surface area contributed by atoms with Crippen LogP contribution < -0.4 is 11.1 Å². The summed E-state index contributed by atoms with van der Waals surface area (Å²) < 4.78 is 7.10. The molecule has 0 unspecified atom stereocenters. The molecule has 2 aromatic heterocycles. The number of nitrogens with one attached hydrogen (secondary N) is 1. The van der Waals surface area contributed by atoms with Crippen LogP contribution in [0.4, 0.5) is 5.13 Å². The number of amides is 1. The average molecular weight is 423 g/mol. The van der Waals surface area contributed by atoms with Crippen LogP contribution in [-0.4, -0.2) is 20.7 Å². The van der Waals surface area contributed by atoms with Crippen LogP contribution >= 0.6 is 23.1 Å². The summed E-state index contributed by atoms with van der Waals surface area (Å²) in [5.74, 6) is -0.305. The first kappa shape index (κ1) is 18.9. The van der Waals surface area contributed by atoms with Crippen molar-refractivity contribution >= 4 is 45.2 Å². The molecule has 0 aliphatic rings. The third kappa shape index (κ3) is 4.37. The Morgan fingerprint density at radius 2 is 2.00 bits per heavy atom. The highest BCUT2D eigenvalue weighted by Crippen LogP contribution is 2.28. The molecule has 2 heterocycles. The van der Waals surface area contributed by atoms with Crippen LogP contribution in [0.25, 0.3) is 11.1 Å². The van der Waals surface area contributed by atoms with Crippen molar-refractivity contribution in [1.29, 1.82) is 5.26 Å². The van der Waals surface area contributed by atoms with E-state index in [0.29, 0.717) is 31.9 Å². The van der Waals surface area contributed by atoms with E-state index in [4.69, 9.17) is 9.68 Å². The number of anilines is 1. The number of oxazole rings is 1.